The molecule has 0 radical (unpaired) electrons. The molecule has 2 rings (SSSR count). The predicted octanol–water partition coefficient (Wildman–Crippen LogP) is 0.918. The Bertz CT molecular complexity index is 458. The number of nitrogens with zero attached hydrogens (tertiary/aromatic N) is 1. The van der Waals surface area contributed by atoms with Crippen molar-refractivity contribution in [2.45, 2.75) is 6.42 Å². The van der Waals surface area contributed by atoms with Crippen LogP contribution in [0.5, 0.6) is 5.75 Å². The zero-order valence-electron chi connectivity index (χ0n) is 9.42. The lowest BCUT2D eigenvalue weighted by atomic mass is 10.1. The van der Waals surface area contributed by atoms with Gasteiger partial charge in [-0.05, 0) is 12.1 Å². The van der Waals surface area contributed by atoms with Crippen LogP contribution in [0.3, 0.4) is 0 Å². The number of hydrogen-bond acceptors (Lipinski definition) is 4. The molecule has 1 aromatic carbocycles. The molecule has 0 aliphatic carbocycles. The Morgan fingerprint density at radius 2 is 2.29 bits per heavy atom. The first kappa shape index (κ1) is 11.4. The minimum absolute atomic E-state index is 0.0943. The lowest BCUT2D eigenvalue weighted by molar-refractivity contribution is -0.145. The molecule has 1 atom stereocenters. The van der Waals surface area contributed by atoms with E-state index in [0.717, 1.165) is 0 Å². The molecule has 90 valence electrons. The Balaban J connectivity index is 2.18. The molecule has 0 saturated carbocycles. The van der Waals surface area contributed by atoms with Crippen LogP contribution in [0.25, 0.3) is 0 Å². The first-order valence-corrected chi connectivity index (χ1v) is 5.29. The maximum Gasteiger partial charge on any atom is 0.311 e. The first-order chi connectivity index (χ1) is 8.11. The van der Waals surface area contributed by atoms with E-state index in [-0.39, 0.29) is 24.0 Å². The Morgan fingerprint density at radius 3 is 2.94 bits per heavy atom. The number of amides is 1. The van der Waals surface area contributed by atoms with Crippen LogP contribution in [0, 0.1) is 5.92 Å². The molecular formula is C12H13NO4. The van der Waals surface area contributed by atoms with Gasteiger partial charge in [0.1, 0.15) is 5.75 Å². The molecule has 1 saturated heterocycles. The Morgan fingerprint density at radius 1 is 1.53 bits per heavy atom. The van der Waals surface area contributed by atoms with Gasteiger partial charge in [0.2, 0.25) is 5.91 Å². The van der Waals surface area contributed by atoms with Crippen molar-refractivity contribution in [2.75, 3.05) is 18.6 Å². The molecule has 1 aliphatic rings. The van der Waals surface area contributed by atoms with E-state index < -0.39 is 5.92 Å². The SMILES string of the molecule is COC(=O)C1CC(=O)N(c2cccc(O)c2)C1. The van der Waals surface area contributed by atoms with Crippen molar-refractivity contribution in [1.29, 1.82) is 0 Å². The largest absolute Gasteiger partial charge is 0.508 e. The van der Waals surface area contributed by atoms with E-state index in [0.29, 0.717) is 12.2 Å². The van der Waals surface area contributed by atoms with E-state index in [1.165, 1.54) is 24.1 Å². The number of ether oxygens (including phenoxy) is 1. The smallest absolute Gasteiger partial charge is 0.311 e. The van der Waals surface area contributed by atoms with Crippen LogP contribution in [-0.4, -0.2) is 30.6 Å². The number of benzene rings is 1. The second kappa shape index (κ2) is 4.45. The number of aromatic hydroxyl groups is 1. The average molecular weight is 235 g/mol. The number of phenols is 1. The van der Waals surface area contributed by atoms with Crippen LogP contribution in [0.15, 0.2) is 24.3 Å². The van der Waals surface area contributed by atoms with Crippen molar-refractivity contribution in [3.8, 4) is 5.75 Å². The second-order valence-corrected chi connectivity index (χ2v) is 3.95. The lowest BCUT2D eigenvalue weighted by Gasteiger charge is -2.16. The molecule has 17 heavy (non-hydrogen) atoms. The van der Waals surface area contributed by atoms with Crippen LogP contribution >= 0.6 is 0 Å². The molecule has 0 bridgehead atoms. The minimum Gasteiger partial charge on any atom is -0.508 e. The van der Waals surface area contributed by atoms with E-state index >= 15 is 0 Å². The van der Waals surface area contributed by atoms with E-state index in [1.54, 1.807) is 12.1 Å². The highest BCUT2D eigenvalue weighted by molar-refractivity contribution is 5.99. The maximum absolute atomic E-state index is 11.8. The standard InChI is InChI=1S/C12H13NO4/c1-17-12(16)8-5-11(15)13(7-8)9-3-2-4-10(14)6-9/h2-4,6,8,14H,5,7H2,1H3. The number of rotatable bonds is 2. The first-order valence-electron chi connectivity index (χ1n) is 5.29. The van der Waals surface area contributed by atoms with Crippen molar-refractivity contribution in [3.05, 3.63) is 24.3 Å². The number of esters is 1. The summed E-state index contributed by atoms with van der Waals surface area (Å²) in [5.41, 5.74) is 0.599. The molecule has 0 aromatic heterocycles. The molecule has 0 spiro atoms. The number of methoxy groups -OCH3 is 1. The molecule has 1 aromatic rings. The number of hydrogen-bond donors (Lipinski definition) is 1. The summed E-state index contributed by atoms with van der Waals surface area (Å²) in [7, 11) is 1.31. The highest BCUT2D eigenvalue weighted by Crippen LogP contribution is 2.27. The predicted molar refractivity (Wildman–Crippen MR) is 60.6 cm³/mol. The molecule has 1 aliphatic heterocycles. The minimum atomic E-state index is -0.421. The number of anilines is 1. The van der Waals surface area contributed by atoms with Gasteiger partial charge < -0.3 is 14.7 Å². The highest BCUT2D eigenvalue weighted by atomic mass is 16.5. The average Bonchev–Trinajstić information content (AvgIpc) is 2.70. The lowest BCUT2D eigenvalue weighted by Crippen LogP contribution is -2.26. The van der Waals surface area contributed by atoms with Gasteiger partial charge in [-0.3, -0.25) is 9.59 Å². The van der Waals surface area contributed by atoms with Gasteiger partial charge in [0, 0.05) is 24.7 Å². The fraction of sp³-hybridized carbons (Fsp3) is 0.333. The third-order valence-electron chi connectivity index (χ3n) is 2.80. The van der Waals surface area contributed by atoms with E-state index in [2.05, 4.69) is 4.74 Å². The van der Waals surface area contributed by atoms with Gasteiger partial charge in [0.15, 0.2) is 0 Å². The Hall–Kier alpha value is -2.04. The van der Waals surface area contributed by atoms with E-state index in [1.807, 2.05) is 0 Å². The Kier molecular flexibility index (Phi) is 2.99. The van der Waals surface area contributed by atoms with Gasteiger partial charge in [-0.25, -0.2) is 0 Å². The van der Waals surface area contributed by atoms with Crippen LogP contribution < -0.4 is 4.90 Å². The van der Waals surface area contributed by atoms with Gasteiger partial charge in [-0.15, -0.1) is 0 Å². The van der Waals surface area contributed by atoms with Crippen LogP contribution in [0.4, 0.5) is 5.69 Å². The molecule has 1 amide bonds. The topological polar surface area (TPSA) is 66.8 Å². The van der Waals surface area contributed by atoms with Crippen LogP contribution in [0.1, 0.15) is 6.42 Å². The summed E-state index contributed by atoms with van der Waals surface area (Å²) < 4.78 is 4.62. The number of phenolic OH excluding ortho intramolecular Hbond substituents is 1. The van der Waals surface area contributed by atoms with Crippen molar-refractivity contribution in [1.82, 2.24) is 0 Å². The zero-order chi connectivity index (χ0) is 12.4. The summed E-state index contributed by atoms with van der Waals surface area (Å²) >= 11 is 0. The van der Waals surface area contributed by atoms with Crippen LogP contribution in [-0.2, 0) is 14.3 Å². The summed E-state index contributed by atoms with van der Waals surface area (Å²) in [4.78, 5) is 24.6. The second-order valence-electron chi connectivity index (χ2n) is 3.95. The third kappa shape index (κ3) is 2.22. The van der Waals surface area contributed by atoms with E-state index in [9.17, 15) is 14.7 Å². The summed E-state index contributed by atoms with van der Waals surface area (Å²) in [5, 5.41) is 9.35. The van der Waals surface area contributed by atoms with Gasteiger partial charge in [-0.2, -0.15) is 0 Å². The van der Waals surface area contributed by atoms with Crippen molar-refractivity contribution < 1.29 is 19.4 Å². The monoisotopic (exact) mass is 235 g/mol. The molecule has 5 nitrogen and oxygen atoms in total. The third-order valence-corrected chi connectivity index (χ3v) is 2.80. The number of carbonyl (C=O) groups is 2. The fourth-order valence-electron chi connectivity index (χ4n) is 1.94. The Labute approximate surface area is 98.6 Å². The van der Waals surface area contributed by atoms with Crippen molar-refractivity contribution in [3.63, 3.8) is 0 Å². The zero-order valence-corrected chi connectivity index (χ0v) is 9.42. The molecule has 1 unspecified atom stereocenters. The normalized spacial score (nSPS) is 19.5. The molecule has 1 N–H and O–H groups in total. The van der Waals surface area contributed by atoms with E-state index in [4.69, 9.17) is 0 Å². The quantitative estimate of drug-likeness (QED) is 0.774. The molecule has 5 heteroatoms. The molecule has 1 heterocycles. The molecule has 1 fully saturated rings. The van der Waals surface area contributed by atoms with Gasteiger partial charge in [-0.1, -0.05) is 6.07 Å². The van der Waals surface area contributed by atoms with Gasteiger partial charge in [0.05, 0.1) is 13.0 Å². The summed E-state index contributed by atoms with van der Waals surface area (Å²) in [6.07, 6.45) is 0.155. The van der Waals surface area contributed by atoms with Gasteiger partial charge in [0.25, 0.3) is 0 Å². The van der Waals surface area contributed by atoms with Crippen molar-refractivity contribution in [2.24, 2.45) is 5.92 Å². The highest BCUT2D eigenvalue weighted by Gasteiger charge is 2.35. The van der Waals surface area contributed by atoms with Crippen LogP contribution in [0.2, 0.25) is 0 Å². The fourth-order valence-corrected chi connectivity index (χ4v) is 1.94. The maximum atomic E-state index is 11.8. The summed E-state index contributed by atoms with van der Waals surface area (Å²) in [6, 6.07) is 6.40. The molecular weight excluding hydrogens is 222 g/mol. The van der Waals surface area contributed by atoms with Gasteiger partial charge >= 0.3 is 5.97 Å². The number of carbonyl (C=O) groups excluding carboxylic acids is 2. The summed E-state index contributed by atoms with van der Waals surface area (Å²) in [6.45, 7) is 0.301. The summed E-state index contributed by atoms with van der Waals surface area (Å²) in [5.74, 6) is -0.835. The van der Waals surface area contributed by atoms with Crippen molar-refractivity contribution >= 4 is 17.6 Å².